The van der Waals surface area contributed by atoms with E-state index in [1.807, 2.05) is 0 Å². The molecule has 4 fully saturated rings. The second kappa shape index (κ2) is 6.58. The van der Waals surface area contributed by atoms with E-state index in [1.165, 1.54) is 55.7 Å². The summed E-state index contributed by atoms with van der Waals surface area (Å²) in [5.41, 5.74) is 4.60. The maximum atomic E-state index is 14.4. The molecule has 4 bridgehead atoms. The van der Waals surface area contributed by atoms with Crippen molar-refractivity contribution in [2.45, 2.75) is 51.0 Å². The monoisotopic (exact) mass is 424 g/mol. The number of hydrogen-bond acceptors (Lipinski definition) is 4. The van der Waals surface area contributed by atoms with Crippen molar-refractivity contribution in [3.63, 3.8) is 0 Å². The van der Waals surface area contributed by atoms with Crippen molar-refractivity contribution >= 4 is 11.5 Å². The average molecular weight is 424 g/mol. The van der Waals surface area contributed by atoms with Gasteiger partial charge >= 0.3 is 0 Å². The van der Waals surface area contributed by atoms with E-state index < -0.39 is 11.6 Å². The third-order valence-corrected chi connectivity index (χ3v) is 7.62. The Morgan fingerprint density at radius 3 is 2.39 bits per heavy atom. The topological polar surface area (TPSA) is 56.4 Å². The number of fused-ring (bicyclic) bond motifs is 1. The Kier molecular flexibility index (Phi) is 4.01. The summed E-state index contributed by atoms with van der Waals surface area (Å²) in [5.74, 6) is 2.19. The van der Waals surface area contributed by atoms with Crippen LogP contribution in [0, 0.1) is 29.4 Å². The average Bonchev–Trinajstić information content (AvgIpc) is 2.67. The highest BCUT2D eigenvalue weighted by molar-refractivity contribution is 5.92. The zero-order chi connectivity index (χ0) is 21.3. The number of hydrazine groups is 1. The third kappa shape index (κ3) is 3.13. The van der Waals surface area contributed by atoms with Crippen LogP contribution in [-0.2, 0) is 4.79 Å². The fraction of sp³-hybridized carbons (Fsp3) is 0.458. The molecule has 0 spiro atoms. The van der Waals surface area contributed by atoms with Crippen LogP contribution in [0.1, 0.15) is 51.0 Å². The summed E-state index contributed by atoms with van der Waals surface area (Å²) in [7, 11) is 0. The highest BCUT2D eigenvalue weighted by Gasteiger charge is 2.51. The highest BCUT2D eigenvalue weighted by atomic mass is 19.1. The predicted molar refractivity (Wildman–Crippen MR) is 112 cm³/mol. The first-order valence-electron chi connectivity index (χ1n) is 11.1. The van der Waals surface area contributed by atoms with E-state index in [2.05, 4.69) is 16.1 Å². The molecule has 1 aromatic rings. The number of halogens is 2. The molecule has 0 aromatic heterocycles. The fourth-order valence-corrected chi connectivity index (χ4v) is 6.83. The van der Waals surface area contributed by atoms with Gasteiger partial charge in [-0.1, -0.05) is 0 Å². The van der Waals surface area contributed by atoms with E-state index in [9.17, 15) is 13.6 Å². The van der Waals surface area contributed by atoms with Crippen molar-refractivity contribution in [3.8, 4) is 0 Å². The smallest absolute Gasteiger partial charge is 0.274 e. The van der Waals surface area contributed by atoms with Gasteiger partial charge in [-0.3, -0.25) is 10.2 Å². The Labute approximate surface area is 180 Å². The fourth-order valence-electron chi connectivity index (χ4n) is 6.83. The number of carbonyl (C=O) groups is 1. The number of benzene rings is 1. The van der Waals surface area contributed by atoms with Crippen LogP contribution in [0.2, 0.25) is 0 Å². The van der Waals surface area contributed by atoms with Crippen molar-refractivity contribution in [2.24, 2.45) is 17.8 Å². The zero-order valence-corrected chi connectivity index (χ0v) is 17.5. The van der Waals surface area contributed by atoms with Gasteiger partial charge in [0.15, 0.2) is 0 Å². The molecule has 0 atom stereocenters. The van der Waals surface area contributed by atoms with Crippen LogP contribution in [0.15, 0.2) is 47.7 Å². The molecule has 1 aromatic carbocycles. The van der Waals surface area contributed by atoms with E-state index in [0.29, 0.717) is 22.9 Å². The number of hydrogen-bond donors (Lipinski definition) is 3. The van der Waals surface area contributed by atoms with Gasteiger partial charge in [0.2, 0.25) is 0 Å². The van der Waals surface area contributed by atoms with Gasteiger partial charge in [0, 0.05) is 34.5 Å². The lowest BCUT2D eigenvalue weighted by atomic mass is 9.53. The molecule has 0 saturated heterocycles. The molecule has 4 saturated carbocycles. The number of nitrogens with one attached hydrogen (secondary N) is 3. The predicted octanol–water partition coefficient (Wildman–Crippen LogP) is 3.89. The lowest BCUT2D eigenvalue weighted by Gasteiger charge is -2.57. The molecule has 7 rings (SSSR count). The second-order valence-electron chi connectivity index (χ2n) is 9.98. The van der Waals surface area contributed by atoms with E-state index in [0.717, 1.165) is 23.8 Å². The molecule has 31 heavy (non-hydrogen) atoms. The quantitative estimate of drug-likeness (QED) is 0.689. The molecule has 6 aliphatic rings. The number of amides is 1. The number of carbonyl (C=O) groups excluding carboxylic acids is 1. The number of allylic oxidation sites excluding steroid dienone is 3. The van der Waals surface area contributed by atoms with Gasteiger partial charge in [-0.2, -0.15) is 0 Å². The normalized spacial score (nSPS) is 33.5. The molecule has 7 heteroatoms. The number of rotatable bonds is 3. The molecule has 3 N–H and O–H groups in total. The first-order valence-corrected chi connectivity index (χ1v) is 11.1. The standard InChI is InChI=1S/C24H26F2N4O/c1-13-19(18-3-2-17(25)7-20(18)26)8-22-27-21(9-23(31)30(22)29-13)28-24-10-14-4-15(11-24)6-16(5-14)12-24/h2-3,7-9,14-16,27-29H,4-6,10-12H2,1H3. The summed E-state index contributed by atoms with van der Waals surface area (Å²) in [6.07, 6.45) is 10.9. The lowest BCUT2D eigenvalue weighted by Crippen LogP contribution is -2.60. The molecule has 162 valence electrons. The second-order valence-corrected chi connectivity index (χ2v) is 9.98. The molecule has 2 heterocycles. The van der Waals surface area contributed by atoms with Gasteiger partial charge in [0.05, 0.1) is 0 Å². The van der Waals surface area contributed by atoms with E-state index >= 15 is 0 Å². The van der Waals surface area contributed by atoms with Crippen LogP contribution in [-0.4, -0.2) is 16.5 Å². The summed E-state index contributed by atoms with van der Waals surface area (Å²) in [4.78, 5) is 12.8. The zero-order valence-electron chi connectivity index (χ0n) is 17.5. The van der Waals surface area contributed by atoms with Gasteiger partial charge in [-0.25, -0.2) is 13.8 Å². The van der Waals surface area contributed by atoms with Crippen molar-refractivity contribution in [3.05, 3.63) is 64.9 Å². The van der Waals surface area contributed by atoms with E-state index in [-0.39, 0.29) is 17.0 Å². The largest absolute Gasteiger partial charge is 0.366 e. The highest BCUT2D eigenvalue weighted by Crippen LogP contribution is 2.55. The van der Waals surface area contributed by atoms with Gasteiger partial charge in [-0.15, -0.1) is 0 Å². The molecule has 0 unspecified atom stereocenters. The summed E-state index contributed by atoms with van der Waals surface area (Å²) in [6.45, 7) is 1.77. The summed E-state index contributed by atoms with van der Waals surface area (Å²) in [6, 6.07) is 3.54. The van der Waals surface area contributed by atoms with Crippen LogP contribution >= 0.6 is 0 Å². The Hall–Kier alpha value is -2.83. The summed E-state index contributed by atoms with van der Waals surface area (Å²) >= 11 is 0. The lowest BCUT2D eigenvalue weighted by molar-refractivity contribution is -0.127. The minimum absolute atomic E-state index is 0.0658. The van der Waals surface area contributed by atoms with E-state index in [1.54, 1.807) is 19.1 Å². The molecule has 1 amide bonds. The first kappa shape index (κ1) is 18.9. The van der Waals surface area contributed by atoms with Crippen molar-refractivity contribution < 1.29 is 13.6 Å². The molecule has 5 nitrogen and oxygen atoms in total. The van der Waals surface area contributed by atoms with Crippen LogP contribution in [0.3, 0.4) is 0 Å². The molecular formula is C24H26F2N4O. The van der Waals surface area contributed by atoms with Crippen molar-refractivity contribution in [1.82, 2.24) is 21.1 Å². The molecule has 2 aliphatic heterocycles. The minimum Gasteiger partial charge on any atom is -0.366 e. The third-order valence-electron chi connectivity index (χ3n) is 7.62. The van der Waals surface area contributed by atoms with Crippen molar-refractivity contribution in [1.29, 1.82) is 0 Å². The Morgan fingerprint density at radius 1 is 1.06 bits per heavy atom. The SMILES string of the molecule is CC1=C(c2ccc(F)cc2F)C=C2NC(NC34CC5CC(CC(C5)C3)C4)=CC(=O)N2N1. The maximum Gasteiger partial charge on any atom is 0.274 e. The Balaban J connectivity index is 1.28. The van der Waals surface area contributed by atoms with Crippen LogP contribution in [0.5, 0.6) is 0 Å². The van der Waals surface area contributed by atoms with Gasteiger partial charge in [0.25, 0.3) is 5.91 Å². The van der Waals surface area contributed by atoms with E-state index in [4.69, 9.17) is 0 Å². The summed E-state index contributed by atoms with van der Waals surface area (Å²) in [5, 5.41) is 8.46. The van der Waals surface area contributed by atoms with Crippen molar-refractivity contribution in [2.75, 3.05) is 0 Å². The summed E-state index contributed by atoms with van der Waals surface area (Å²) < 4.78 is 27.8. The first-order chi connectivity index (χ1) is 14.9. The van der Waals surface area contributed by atoms with Crippen LogP contribution < -0.4 is 16.1 Å². The number of nitrogens with zero attached hydrogens (tertiary/aromatic N) is 1. The minimum atomic E-state index is -0.633. The van der Waals surface area contributed by atoms with Gasteiger partial charge in [-0.05, 0) is 81.4 Å². The van der Waals surface area contributed by atoms with Crippen LogP contribution in [0.4, 0.5) is 8.78 Å². The maximum absolute atomic E-state index is 14.4. The Morgan fingerprint density at radius 2 is 1.74 bits per heavy atom. The Bertz CT molecular complexity index is 1040. The van der Waals surface area contributed by atoms with Crippen LogP contribution in [0.25, 0.3) is 5.57 Å². The van der Waals surface area contributed by atoms with Gasteiger partial charge < -0.3 is 10.6 Å². The molecule has 0 radical (unpaired) electrons. The molecular weight excluding hydrogens is 398 g/mol. The molecule has 4 aliphatic carbocycles. The van der Waals surface area contributed by atoms with Gasteiger partial charge in [0.1, 0.15) is 23.3 Å².